The van der Waals surface area contributed by atoms with Gasteiger partial charge in [-0.15, -0.1) is 0 Å². The molecule has 0 nitrogen and oxygen atoms in total. The van der Waals surface area contributed by atoms with Crippen LogP contribution < -0.4 is 0 Å². The highest BCUT2D eigenvalue weighted by atomic mass is 14.4. The van der Waals surface area contributed by atoms with Crippen molar-refractivity contribution >= 4 is 6.71 Å². The molecule has 0 aromatic rings. The van der Waals surface area contributed by atoms with Crippen LogP contribution in [0.5, 0.6) is 0 Å². The second kappa shape index (κ2) is 2.05. The maximum atomic E-state index is 2.51. The lowest BCUT2D eigenvalue weighted by atomic mass is 9.24. The Bertz CT molecular complexity index is 148. The third kappa shape index (κ3) is 0.831. The summed E-state index contributed by atoms with van der Waals surface area (Å²) in [6.07, 6.45) is 7.96. The van der Waals surface area contributed by atoms with E-state index in [0.29, 0.717) is 0 Å². The van der Waals surface area contributed by atoms with Gasteiger partial charge in [0.15, 0.2) is 0 Å². The molecule has 0 radical (unpaired) electrons. The Labute approximate surface area is 69.8 Å². The molecule has 0 atom stereocenters. The summed E-state index contributed by atoms with van der Waals surface area (Å²) in [6.45, 7) is 3.59. The predicted octanol–water partition coefficient (Wildman–Crippen LogP) is 3.08. The highest BCUT2D eigenvalue weighted by Crippen LogP contribution is 2.58. The standard InChI is InChI=1S/C10H17B/c1-11-9-3-7-2-8(5-9)6-10(11)4-7/h7-10H,2-6H2,1H3. The molecule has 4 aliphatic rings. The Morgan fingerprint density at radius 3 is 1.73 bits per heavy atom. The normalized spacial score (nSPS) is 53.7. The van der Waals surface area contributed by atoms with Gasteiger partial charge in [0, 0.05) is 0 Å². The quantitative estimate of drug-likeness (QED) is 0.463. The van der Waals surface area contributed by atoms with Crippen LogP contribution in [0.1, 0.15) is 32.1 Å². The van der Waals surface area contributed by atoms with Crippen molar-refractivity contribution in [3.8, 4) is 0 Å². The van der Waals surface area contributed by atoms with Gasteiger partial charge in [-0.25, -0.2) is 0 Å². The van der Waals surface area contributed by atoms with Gasteiger partial charge in [-0.1, -0.05) is 44.1 Å². The molecule has 4 bridgehead atoms. The first-order valence-electron chi connectivity index (χ1n) is 5.33. The summed E-state index contributed by atoms with van der Waals surface area (Å²) in [7, 11) is 0. The third-order valence-corrected chi connectivity index (χ3v) is 4.70. The van der Waals surface area contributed by atoms with E-state index in [1.54, 1.807) is 32.1 Å². The molecule has 0 spiro atoms. The van der Waals surface area contributed by atoms with Gasteiger partial charge in [-0.05, 0) is 18.3 Å². The molecular weight excluding hydrogens is 131 g/mol. The van der Waals surface area contributed by atoms with E-state index in [1.807, 2.05) is 0 Å². The minimum absolute atomic E-state index is 1.09. The van der Waals surface area contributed by atoms with E-state index >= 15 is 0 Å². The van der Waals surface area contributed by atoms with Crippen molar-refractivity contribution in [2.24, 2.45) is 11.8 Å². The van der Waals surface area contributed by atoms with Crippen LogP contribution in [0.15, 0.2) is 0 Å². The maximum Gasteiger partial charge on any atom is 0.143 e. The van der Waals surface area contributed by atoms with E-state index in [0.717, 1.165) is 30.2 Å². The molecule has 60 valence electrons. The van der Waals surface area contributed by atoms with Crippen LogP contribution in [-0.4, -0.2) is 6.71 Å². The zero-order valence-electron chi connectivity index (χ0n) is 7.42. The molecule has 1 heteroatoms. The zero-order valence-corrected chi connectivity index (χ0v) is 7.42. The molecule has 2 heterocycles. The second-order valence-corrected chi connectivity index (χ2v) is 5.29. The van der Waals surface area contributed by atoms with Crippen molar-refractivity contribution < 1.29 is 0 Å². The molecule has 0 aromatic carbocycles. The van der Waals surface area contributed by atoms with E-state index in [4.69, 9.17) is 0 Å². The summed E-state index contributed by atoms with van der Waals surface area (Å²) in [5.74, 6) is 4.61. The van der Waals surface area contributed by atoms with Crippen LogP contribution in [0.25, 0.3) is 0 Å². The molecule has 11 heavy (non-hydrogen) atoms. The fraction of sp³-hybridized carbons (Fsp3) is 1.00. The molecule has 0 aromatic heterocycles. The Hall–Kier alpha value is 0.0649. The first-order valence-corrected chi connectivity index (χ1v) is 5.33. The van der Waals surface area contributed by atoms with Gasteiger partial charge in [0.1, 0.15) is 6.71 Å². The van der Waals surface area contributed by atoms with Crippen molar-refractivity contribution in [2.75, 3.05) is 0 Å². The van der Waals surface area contributed by atoms with E-state index in [2.05, 4.69) is 6.82 Å². The van der Waals surface area contributed by atoms with Gasteiger partial charge in [0.2, 0.25) is 0 Å². The smallest absolute Gasteiger partial charge is 0.0856 e. The first-order chi connectivity index (χ1) is 5.33. The Morgan fingerprint density at radius 2 is 1.27 bits per heavy atom. The van der Waals surface area contributed by atoms with Gasteiger partial charge < -0.3 is 0 Å². The van der Waals surface area contributed by atoms with Crippen molar-refractivity contribution in [3.05, 3.63) is 0 Å². The van der Waals surface area contributed by atoms with Crippen molar-refractivity contribution in [2.45, 2.75) is 50.6 Å². The van der Waals surface area contributed by atoms with E-state index < -0.39 is 0 Å². The summed E-state index contributed by atoms with van der Waals surface area (Å²) in [6, 6.07) is 0. The maximum absolute atomic E-state index is 2.51. The second-order valence-electron chi connectivity index (χ2n) is 5.29. The number of rotatable bonds is 0. The molecule has 2 saturated heterocycles. The summed E-state index contributed by atoms with van der Waals surface area (Å²) < 4.78 is 0. The lowest BCUT2D eigenvalue weighted by Crippen LogP contribution is -2.43. The van der Waals surface area contributed by atoms with Gasteiger partial charge in [-0.3, -0.25) is 0 Å². The van der Waals surface area contributed by atoms with E-state index in [1.165, 1.54) is 0 Å². The largest absolute Gasteiger partial charge is 0.143 e. The Balaban J connectivity index is 1.91. The van der Waals surface area contributed by atoms with Crippen molar-refractivity contribution in [1.29, 1.82) is 0 Å². The van der Waals surface area contributed by atoms with Crippen molar-refractivity contribution in [1.82, 2.24) is 0 Å². The van der Waals surface area contributed by atoms with Gasteiger partial charge in [0.25, 0.3) is 0 Å². The van der Waals surface area contributed by atoms with Crippen LogP contribution >= 0.6 is 0 Å². The number of hydrogen-bond acceptors (Lipinski definition) is 0. The summed E-state index contributed by atoms with van der Waals surface area (Å²) in [5, 5.41) is 0. The highest BCUT2D eigenvalue weighted by molar-refractivity contribution is 6.61. The molecule has 2 aliphatic heterocycles. The fourth-order valence-corrected chi connectivity index (χ4v) is 4.20. The lowest BCUT2D eigenvalue weighted by molar-refractivity contribution is 0.162. The lowest BCUT2D eigenvalue weighted by Gasteiger charge is -2.52. The SMILES string of the molecule is CB1C2CC3CC(C2)CC1C3. The molecule has 0 unspecified atom stereocenters. The first kappa shape index (κ1) is 6.57. The van der Waals surface area contributed by atoms with Crippen LogP contribution in [0.2, 0.25) is 18.5 Å². The fourth-order valence-electron chi connectivity index (χ4n) is 4.20. The average Bonchev–Trinajstić information content (AvgIpc) is 1.98. The summed E-state index contributed by atoms with van der Waals surface area (Å²) in [5.41, 5.74) is 0. The summed E-state index contributed by atoms with van der Waals surface area (Å²) >= 11 is 0. The Morgan fingerprint density at radius 1 is 0.818 bits per heavy atom. The minimum Gasteiger partial charge on any atom is -0.0856 e. The minimum atomic E-state index is 1.09. The molecule has 2 aliphatic carbocycles. The van der Waals surface area contributed by atoms with Gasteiger partial charge >= 0.3 is 0 Å². The molecule has 4 fully saturated rings. The molecule has 2 saturated carbocycles. The summed E-state index contributed by atoms with van der Waals surface area (Å²) in [4.78, 5) is 0. The van der Waals surface area contributed by atoms with E-state index in [-0.39, 0.29) is 0 Å². The van der Waals surface area contributed by atoms with E-state index in [9.17, 15) is 0 Å². The van der Waals surface area contributed by atoms with Crippen LogP contribution in [-0.2, 0) is 0 Å². The third-order valence-electron chi connectivity index (χ3n) is 4.70. The monoisotopic (exact) mass is 148 g/mol. The topological polar surface area (TPSA) is 0 Å². The van der Waals surface area contributed by atoms with Crippen LogP contribution in [0, 0.1) is 11.8 Å². The van der Waals surface area contributed by atoms with Crippen LogP contribution in [0.3, 0.4) is 0 Å². The van der Waals surface area contributed by atoms with Gasteiger partial charge in [0.05, 0.1) is 0 Å². The highest BCUT2D eigenvalue weighted by Gasteiger charge is 2.47. The van der Waals surface area contributed by atoms with Gasteiger partial charge in [-0.2, -0.15) is 0 Å². The molecule has 4 rings (SSSR count). The average molecular weight is 148 g/mol. The van der Waals surface area contributed by atoms with Crippen molar-refractivity contribution in [3.63, 3.8) is 0 Å². The molecule has 0 N–H and O–H groups in total. The predicted molar refractivity (Wildman–Crippen MR) is 49.2 cm³/mol. The van der Waals surface area contributed by atoms with Crippen LogP contribution in [0.4, 0.5) is 0 Å². The number of hydrogen-bond donors (Lipinski definition) is 0. The zero-order chi connectivity index (χ0) is 7.42. The Kier molecular flexibility index (Phi) is 1.23. The molecular formula is C10H17B. The molecule has 0 amide bonds.